The molecular weight excluding hydrogens is 204 g/mol. The Kier molecular flexibility index (Phi) is 2.92. The van der Waals surface area contributed by atoms with Gasteiger partial charge in [0, 0.05) is 6.07 Å². The molecule has 16 heavy (non-hydrogen) atoms. The van der Waals surface area contributed by atoms with Crippen LogP contribution < -0.4 is 5.56 Å². The van der Waals surface area contributed by atoms with Crippen LogP contribution in [0, 0.1) is 0 Å². The molecule has 0 spiro atoms. The van der Waals surface area contributed by atoms with E-state index in [1.54, 1.807) is 6.92 Å². The topological polar surface area (TPSA) is 58.0 Å². The zero-order chi connectivity index (χ0) is 11.5. The van der Waals surface area contributed by atoms with E-state index in [0.717, 1.165) is 5.56 Å². The number of hydrogen-bond acceptors (Lipinski definition) is 2. The molecular formula is C12H14N2O2. The van der Waals surface area contributed by atoms with Crippen molar-refractivity contribution in [3.63, 3.8) is 0 Å². The van der Waals surface area contributed by atoms with Crippen LogP contribution in [-0.2, 0) is 6.54 Å². The second-order valence-corrected chi connectivity index (χ2v) is 3.80. The minimum Gasteiger partial charge on any atom is -0.387 e. The Balaban J connectivity index is 2.26. The van der Waals surface area contributed by atoms with Gasteiger partial charge in [0.2, 0.25) is 0 Å². The summed E-state index contributed by atoms with van der Waals surface area (Å²) in [5.41, 5.74) is 1.46. The zero-order valence-electron chi connectivity index (χ0n) is 9.05. The van der Waals surface area contributed by atoms with Crippen molar-refractivity contribution in [1.29, 1.82) is 0 Å². The van der Waals surface area contributed by atoms with Crippen molar-refractivity contribution < 1.29 is 5.11 Å². The molecule has 0 bridgehead atoms. The summed E-state index contributed by atoms with van der Waals surface area (Å²) in [6.07, 6.45) is -0.648. The Morgan fingerprint density at radius 3 is 2.62 bits per heavy atom. The maximum atomic E-state index is 11.6. The first-order valence-corrected chi connectivity index (χ1v) is 5.18. The summed E-state index contributed by atoms with van der Waals surface area (Å²) in [6.45, 7) is 2.12. The fourth-order valence-corrected chi connectivity index (χ4v) is 1.55. The Morgan fingerprint density at radius 1 is 1.38 bits per heavy atom. The number of aliphatic hydroxyl groups is 1. The first-order valence-electron chi connectivity index (χ1n) is 5.18. The fourth-order valence-electron chi connectivity index (χ4n) is 1.55. The maximum absolute atomic E-state index is 11.6. The summed E-state index contributed by atoms with van der Waals surface area (Å²) >= 11 is 0. The smallest absolute Gasteiger partial charge is 0.267 e. The van der Waals surface area contributed by atoms with Crippen molar-refractivity contribution in [3.8, 4) is 0 Å². The van der Waals surface area contributed by atoms with Gasteiger partial charge < -0.3 is 5.11 Å². The largest absolute Gasteiger partial charge is 0.387 e. The van der Waals surface area contributed by atoms with E-state index < -0.39 is 6.10 Å². The molecule has 4 heteroatoms. The molecule has 1 atom stereocenters. The highest BCUT2D eigenvalue weighted by Crippen LogP contribution is 2.06. The molecule has 0 aliphatic heterocycles. The Bertz CT molecular complexity index is 511. The van der Waals surface area contributed by atoms with Crippen LogP contribution in [0.3, 0.4) is 0 Å². The lowest BCUT2D eigenvalue weighted by Gasteiger charge is -2.03. The number of rotatable bonds is 3. The van der Waals surface area contributed by atoms with Crippen molar-refractivity contribution in [1.82, 2.24) is 9.78 Å². The minimum absolute atomic E-state index is 0.125. The molecule has 4 nitrogen and oxygen atoms in total. The van der Waals surface area contributed by atoms with Crippen molar-refractivity contribution in [2.45, 2.75) is 19.6 Å². The van der Waals surface area contributed by atoms with E-state index in [0.29, 0.717) is 12.2 Å². The van der Waals surface area contributed by atoms with E-state index in [2.05, 4.69) is 5.10 Å². The Hall–Kier alpha value is -1.81. The molecule has 1 aromatic carbocycles. The summed E-state index contributed by atoms with van der Waals surface area (Å²) in [4.78, 5) is 11.6. The molecule has 2 aromatic rings. The molecule has 0 amide bonds. The molecule has 2 rings (SSSR count). The van der Waals surface area contributed by atoms with Gasteiger partial charge in [-0.3, -0.25) is 9.89 Å². The quantitative estimate of drug-likeness (QED) is 0.815. The van der Waals surface area contributed by atoms with E-state index in [4.69, 9.17) is 0 Å². The standard InChI is InChI=1S/C12H14N2O2/c1-9(15)11-7-12(16)14(13-11)8-10-5-3-2-4-6-10/h2-7,9,13,15H,8H2,1H3. The number of hydrogen-bond donors (Lipinski definition) is 2. The van der Waals surface area contributed by atoms with Gasteiger partial charge in [-0.1, -0.05) is 30.3 Å². The minimum atomic E-state index is -0.648. The number of nitrogens with one attached hydrogen (secondary N) is 1. The van der Waals surface area contributed by atoms with Crippen LogP contribution in [0.4, 0.5) is 0 Å². The van der Waals surface area contributed by atoms with Gasteiger partial charge in [0.05, 0.1) is 18.3 Å². The van der Waals surface area contributed by atoms with Crippen LogP contribution in [0.5, 0.6) is 0 Å². The van der Waals surface area contributed by atoms with Crippen LogP contribution in [0.25, 0.3) is 0 Å². The summed E-state index contributed by atoms with van der Waals surface area (Å²) < 4.78 is 1.48. The Morgan fingerprint density at radius 2 is 2.06 bits per heavy atom. The van der Waals surface area contributed by atoms with Crippen LogP contribution >= 0.6 is 0 Å². The molecule has 0 fully saturated rings. The van der Waals surface area contributed by atoms with Gasteiger partial charge in [-0.15, -0.1) is 0 Å². The van der Waals surface area contributed by atoms with Gasteiger partial charge in [0.15, 0.2) is 0 Å². The second kappa shape index (κ2) is 4.37. The lowest BCUT2D eigenvalue weighted by Crippen LogP contribution is -2.16. The summed E-state index contributed by atoms with van der Waals surface area (Å²) in [5, 5.41) is 12.2. The monoisotopic (exact) mass is 218 g/mol. The lowest BCUT2D eigenvalue weighted by atomic mass is 10.2. The average molecular weight is 218 g/mol. The van der Waals surface area contributed by atoms with E-state index in [9.17, 15) is 9.90 Å². The van der Waals surface area contributed by atoms with Gasteiger partial charge in [-0.25, -0.2) is 4.68 Å². The van der Waals surface area contributed by atoms with Crippen molar-refractivity contribution >= 4 is 0 Å². The predicted octanol–water partition coefficient (Wildman–Crippen LogP) is 1.28. The number of H-pyrrole nitrogens is 1. The maximum Gasteiger partial charge on any atom is 0.267 e. The fraction of sp³-hybridized carbons (Fsp3) is 0.250. The lowest BCUT2D eigenvalue weighted by molar-refractivity contribution is 0.193. The molecule has 0 saturated carbocycles. The molecule has 0 saturated heterocycles. The van der Waals surface area contributed by atoms with Crippen LogP contribution in [0.2, 0.25) is 0 Å². The number of aromatic amines is 1. The van der Waals surface area contributed by atoms with Gasteiger partial charge in [0.25, 0.3) is 5.56 Å². The second-order valence-electron chi connectivity index (χ2n) is 3.80. The molecule has 0 radical (unpaired) electrons. The third-order valence-electron chi connectivity index (χ3n) is 2.44. The average Bonchev–Trinajstić information content (AvgIpc) is 2.62. The highest BCUT2D eigenvalue weighted by Gasteiger charge is 2.07. The van der Waals surface area contributed by atoms with Crippen LogP contribution in [0.15, 0.2) is 41.2 Å². The van der Waals surface area contributed by atoms with Gasteiger partial charge in [-0.05, 0) is 12.5 Å². The highest BCUT2D eigenvalue weighted by molar-refractivity contribution is 5.15. The third kappa shape index (κ3) is 2.23. The SMILES string of the molecule is CC(O)c1cc(=O)n(Cc2ccccc2)[nH]1. The van der Waals surface area contributed by atoms with Crippen LogP contribution in [0.1, 0.15) is 24.3 Å². The number of nitrogens with zero attached hydrogens (tertiary/aromatic N) is 1. The normalized spacial score (nSPS) is 12.6. The van der Waals surface area contributed by atoms with Crippen molar-refractivity contribution in [2.24, 2.45) is 0 Å². The number of aromatic nitrogens is 2. The van der Waals surface area contributed by atoms with Crippen molar-refractivity contribution in [3.05, 3.63) is 58.0 Å². The zero-order valence-corrected chi connectivity index (χ0v) is 9.05. The first kappa shape index (κ1) is 10.7. The van der Waals surface area contributed by atoms with Gasteiger partial charge in [-0.2, -0.15) is 0 Å². The molecule has 0 aliphatic rings. The molecule has 0 aliphatic carbocycles. The van der Waals surface area contributed by atoms with Crippen LogP contribution in [-0.4, -0.2) is 14.9 Å². The summed E-state index contributed by atoms with van der Waals surface area (Å²) in [7, 11) is 0. The van der Waals surface area contributed by atoms with E-state index in [-0.39, 0.29) is 5.56 Å². The predicted molar refractivity (Wildman–Crippen MR) is 61.2 cm³/mol. The third-order valence-corrected chi connectivity index (χ3v) is 2.44. The Labute approximate surface area is 93.1 Å². The number of benzene rings is 1. The highest BCUT2D eigenvalue weighted by atomic mass is 16.3. The van der Waals surface area contributed by atoms with E-state index in [1.165, 1.54) is 10.7 Å². The van der Waals surface area contributed by atoms with E-state index in [1.807, 2.05) is 30.3 Å². The van der Waals surface area contributed by atoms with Crippen molar-refractivity contribution in [2.75, 3.05) is 0 Å². The molecule has 1 unspecified atom stereocenters. The molecule has 1 aromatic heterocycles. The first-order chi connectivity index (χ1) is 7.66. The molecule has 84 valence electrons. The van der Waals surface area contributed by atoms with E-state index >= 15 is 0 Å². The van der Waals surface area contributed by atoms with Gasteiger partial charge >= 0.3 is 0 Å². The molecule has 1 heterocycles. The number of aliphatic hydroxyl groups excluding tert-OH is 1. The molecule has 2 N–H and O–H groups in total. The summed E-state index contributed by atoms with van der Waals surface area (Å²) in [6, 6.07) is 11.1. The van der Waals surface area contributed by atoms with Gasteiger partial charge in [0.1, 0.15) is 0 Å². The summed E-state index contributed by atoms with van der Waals surface area (Å²) in [5.74, 6) is 0.